The molecule has 0 aliphatic rings. The summed E-state index contributed by atoms with van der Waals surface area (Å²) in [5, 5.41) is 16.1. The molecule has 0 unspecified atom stereocenters. The van der Waals surface area contributed by atoms with Gasteiger partial charge in [0.15, 0.2) is 0 Å². The van der Waals surface area contributed by atoms with Gasteiger partial charge in [0.05, 0.1) is 4.92 Å². The molecule has 0 saturated carbocycles. The first-order chi connectivity index (χ1) is 9.15. The van der Waals surface area contributed by atoms with Crippen LogP contribution in [0.5, 0.6) is 0 Å². The topological polar surface area (TPSA) is 55.2 Å². The minimum absolute atomic E-state index is 0.115. The average molecular weight is 341 g/mol. The lowest BCUT2D eigenvalue weighted by Crippen LogP contribution is -2.16. The molecule has 0 radical (unpaired) electrons. The Morgan fingerprint density at radius 2 is 2.21 bits per heavy atom. The van der Waals surface area contributed by atoms with Crippen LogP contribution in [0.4, 0.5) is 5.69 Å². The first-order valence-electron chi connectivity index (χ1n) is 5.82. The van der Waals surface area contributed by atoms with E-state index in [4.69, 9.17) is 0 Å². The minimum atomic E-state index is -0.375. The molecule has 2 rings (SSSR count). The molecule has 4 nitrogen and oxygen atoms in total. The Morgan fingerprint density at radius 3 is 2.89 bits per heavy atom. The van der Waals surface area contributed by atoms with Gasteiger partial charge in [0.1, 0.15) is 0 Å². The van der Waals surface area contributed by atoms with Crippen LogP contribution in [0, 0.1) is 10.1 Å². The summed E-state index contributed by atoms with van der Waals surface area (Å²) in [7, 11) is 0. The number of rotatable bonds is 6. The fourth-order valence-corrected chi connectivity index (χ4v) is 2.98. The summed E-state index contributed by atoms with van der Waals surface area (Å²) in [5.41, 5.74) is 1.02. The molecular formula is C13H13BrN2O2S. The summed E-state index contributed by atoms with van der Waals surface area (Å²) in [6.07, 6.45) is 0.980. The Kier molecular flexibility index (Phi) is 5.07. The van der Waals surface area contributed by atoms with Crippen LogP contribution in [-0.4, -0.2) is 11.5 Å². The van der Waals surface area contributed by atoms with Crippen LogP contribution in [0.15, 0.2) is 40.2 Å². The largest absolute Gasteiger partial charge is 0.312 e. The Labute approximate surface area is 123 Å². The minimum Gasteiger partial charge on any atom is -0.312 e. The molecule has 0 amide bonds. The third kappa shape index (κ3) is 4.41. The Hall–Kier alpha value is -1.24. The molecule has 0 bridgehead atoms. The molecule has 0 aliphatic heterocycles. The van der Waals surface area contributed by atoms with Crippen molar-refractivity contribution in [2.45, 2.75) is 13.0 Å². The van der Waals surface area contributed by atoms with Crippen molar-refractivity contribution in [2.24, 2.45) is 0 Å². The Morgan fingerprint density at radius 1 is 1.37 bits per heavy atom. The van der Waals surface area contributed by atoms with E-state index in [9.17, 15) is 10.1 Å². The first-order valence-corrected chi connectivity index (χ1v) is 7.49. The maximum atomic E-state index is 10.8. The lowest BCUT2D eigenvalue weighted by atomic mass is 10.2. The highest BCUT2D eigenvalue weighted by atomic mass is 79.9. The van der Waals surface area contributed by atoms with Crippen LogP contribution in [0.1, 0.15) is 10.4 Å². The maximum Gasteiger partial charge on any atom is 0.270 e. The van der Waals surface area contributed by atoms with Crippen LogP contribution in [0.3, 0.4) is 0 Å². The molecule has 1 heterocycles. The highest BCUT2D eigenvalue weighted by Crippen LogP contribution is 2.21. The average Bonchev–Trinajstić information content (AvgIpc) is 2.87. The van der Waals surface area contributed by atoms with Gasteiger partial charge in [0.25, 0.3) is 5.69 Å². The van der Waals surface area contributed by atoms with Crippen molar-refractivity contribution in [2.75, 3.05) is 6.54 Å². The monoisotopic (exact) mass is 340 g/mol. The molecule has 0 atom stereocenters. The van der Waals surface area contributed by atoms with Crippen LogP contribution < -0.4 is 5.32 Å². The zero-order chi connectivity index (χ0) is 13.7. The number of halogens is 1. The molecule has 0 fully saturated rings. The molecular weight excluding hydrogens is 328 g/mol. The van der Waals surface area contributed by atoms with Gasteiger partial charge in [-0.3, -0.25) is 10.1 Å². The van der Waals surface area contributed by atoms with Gasteiger partial charge in [-0.05, 0) is 29.5 Å². The van der Waals surface area contributed by atoms with Crippen molar-refractivity contribution in [3.8, 4) is 0 Å². The van der Waals surface area contributed by atoms with Gasteiger partial charge in [0.2, 0.25) is 0 Å². The van der Waals surface area contributed by atoms with E-state index in [0.29, 0.717) is 6.54 Å². The summed E-state index contributed by atoms with van der Waals surface area (Å²) < 4.78 is 0.733. The summed E-state index contributed by atoms with van der Waals surface area (Å²) in [6, 6.07) is 9.15. The fourth-order valence-electron chi connectivity index (χ4n) is 1.74. The van der Waals surface area contributed by atoms with E-state index in [1.54, 1.807) is 17.4 Å². The van der Waals surface area contributed by atoms with Crippen molar-refractivity contribution >= 4 is 33.0 Å². The van der Waals surface area contributed by atoms with Crippen LogP contribution >= 0.6 is 27.3 Å². The third-order valence-corrected chi connectivity index (χ3v) is 4.00. The molecule has 100 valence electrons. The second-order valence-corrected chi connectivity index (χ2v) is 6.03. The van der Waals surface area contributed by atoms with Crippen LogP contribution in [0.2, 0.25) is 0 Å². The van der Waals surface area contributed by atoms with E-state index in [0.717, 1.165) is 23.0 Å². The highest BCUT2D eigenvalue weighted by Gasteiger charge is 2.08. The predicted octanol–water partition coefficient (Wildman–Crippen LogP) is 3.75. The van der Waals surface area contributed by atoms with Gasteiger partial charge in [-0.15, -0.1) is 11.3 Å². The van der Waals surface area contributed by atoms with E-state index in [1.807, 2.05) is 12.1 Å². The van der Waals surface area contributed by atoms with Crippen molar-refractivity contribution in [3.05, 3.63) is 60.7 Å². The van der Waals surface area contributed by atoms with E-state index in [1.165, 1.54) is 10.9 Å². The summed E-state index contributed by atoms with van der Waals surface area (Å²) in [6.45, 7) is 1.49. The van der Waals surface area contributed by atoms with Crippen molar-refractivity contribution in [1.29, 1.82) is 0 Å². The molecule has 0 saturated heterocycles. The molecule has 1 aromatic heterocycles. The van der Waals surface area contributed by atoms with Crippen molar-refractivity contribution < 1.29 is 4.92 Å². The third-order valence-electron chi connectivity index (χ3n) is 2.61. The second-order valence-electron chi connectivity index (χ2n) is 4.08. The predicted molar refractivity (Wildman–Crippen MR) is 80.5 cm³/mol. The number of benzene rings is 1. The van der Waals surface area contributed by atoms with Crippen LogP contribution in [0.25, 0.3) is 0 Å². The van der Waals surface area contributed by atoms with Crippen molar-refractivity contribution in [1.82, 2.24) is 5.32 Å². The zero-order valence-electron chi connectivity index (χ0n) is 10.1. The number of hydrogen-bond donors (Lipinski definition) is 1. The number of hydrogen-bond acceptors (Lipinski definition) is 4. The number of nitro groups is 1. The van der Waals surface area contributed by atoms with Gasteiger partial charge >= 0.3 is 0 Å². The number of nitrogens with one attached hydrogen (secondary N) is 1. The molecule has 0 spiro atoms. The van der Waals surface area contributed by atoms with Gasteiger partial charge in [0, 0.05) is 34.6 Å². The van der Waals surface area contributed by atoms with E-state index >= 15 is 0 Å². The fraction of sp³-hybridized carbons (Fsp3) is 0.231. The lowest BCUT2D eigenvalue weighted by molar-refractivity contribution is -0.385. The van der Waals surface area contributed by atoms with Crippen molar-refractivity contribution in [3.63, 3.8) is 0 Å². The maximum absolute atomic E-state index is 10.8. The molecule has 6 heteroatoms. The van der Waals surface area contributed by atoms with E-state index in [2.05, 4.69) is 32.7 Å². The quantitative estimate of drug-likeness (QED) is 0.495. The number of thiophene rings is 1. The molecule has 1 N–H and O–H groups in total. The van der Waals surface area contributed by atoms with Gasteiger partial charge in [-0.25, -0.2) is 0 Å². The standard InChI is InChI=1S/C13H13BrN2O2S/c14-11-6-10(7-12(8-11)16(17)18)9-15-4-3-13-2-1-5-19-13/h1-2,5-8,15H,3-4,9H2. The molecule has 19 heavy (non-hydrogen) atoms. The zero-order valence-corrected chi connectivity index (χ0v) is 12.5. The Bertz CT molecular complexity index is 558. The summed E-state index contributed by atoms with van der Waals surface area (Å²) in [4.78, 5) is 11.7. The second kappa shape index (κ2) is 6.79. The van der Waals surface area contributed by atoms with Gasteiger partial charge in [-0.1, -0.05) is 22.0 Å². The van der Waals surface area contributed by atoms with Gasteiger partial charge < -0.3 is 5.32 Å². The highest BCUT2D eigenvalue weighted by molar-refractivity contribution is 9.10. The SMILES string of the molecule is O=[N+]([O-])c1cc(Br)cc(CNCCc2cccs2)c1. The smallest absolute Gasteiger partial charge is 0.270 e. The number of nitrogens with zero attached hydrogens (tertiary/aromatic N) is 1. The summed E-state index contributed by atoms with van der Waals surface area (Å²) >= 11 is 5.03. The van der Waals surface area contributed by atoms with E-state index in [-0.39, 0.29) is 10.6 Å². The normalized spacial score (nSPS) is 10.6. The van der Waals surface area contributed by atoms with E-state index < -0.39 is 0 Å². The number of nitro benzene ring substituents is 1. The molecule has 2 aromatic rings. The molecule has 0 aliphatic carbocycles. The first kappa shape index (κ1) is 14.2. The number of non-ortho nitro benzene ring substituents is 1. The Balaban J connectivity index is 1.87. The van der Waals surface area contributed by atoms with Gasteiger partial charge in [-0.2, -0.15) is 0 Å². The van der Waals surface area contributed by atoms with Crippen LogP contribution in [-0.2, 0) is 13.0 Å². The molecule has 1 aromatic carbocycles. The lowest BCUT2D eigenvalue weighted by Gasteiger charge is -2.05. The summed E-state index contributed by atoms with van der Waals surface area (Å²) in [5.74, 6) is 0.